The molecule has 0 atom stereocenters. The summed E-state index contributed by atoms with van der Waals surface area (Å²) in [6.45, 7) is 13.9. The van der Waals surface area contributed by atoms with Gasteiger partial charge in [-0.25, -0.2) is 0 Å². The summed E-state index contributed by atoms with van der Waals surface area (Å²) in [5, 5.41) is 2.89. The lowest BCUT2D eigenvalue weighted by Gasteiger charge is -2.25. The first kappa shape index (κ1) is 14.1. The van der Waals surface area contributed by atoms with Crippen molar-refractivity contribution in [3.63, 3.8) is 0 Å². The molecule has 0 bridgehead atoms. The number of fused-ring (bicyclic) bond motifs is 1. The predicted octanol–water partition coefficient (Wildman–Crippen LogP) is 5.96. The Morgan fingerprint density at radius 2 is 1.37 bits per heavy atom. The van der Waals surface area contributed by atoms with E-state index in [1.54, 1.807) is 16.7 Å². The van der Waals surface area contributed by atoms with Gasteiger partial charge in [-0.05, 0) is 58.2 Å². The molecule has 0 aliphatic heterocycles. The van der Waals surface area contributed by atoms with Gasteiger partial charge >= 0.3 is 0 Å². The van der Waals surface area contributed by atoms with Gasteiger partial charge in [-0.3, -0.25) is 0 Å². The van der Waals surface area contributed by atoms with Crippen molar-refractivity contribution in [2.45, 2.75) is 59.8 Å². The maximum absolute atomic E-state index is 2.33. The van der Waals surface area contributed by atoms with Gasteiger partial charge in [0.25, 0.3) is 0 Å². The van der Waals surface area contributed by atoms with Crippen LogP contribution >= 0.6 is 0 Å². The fourth-order valence-electron chi connectivity index (χ4n) is 3.45. The van der Waals surface area contributed by atoms with E-state index in [2.05, 4.69) is 65.8 Å². The molecular formula is C19H26. The van der Waals surface area contributed by atoms with Gasteiger partial charge in [0.05, 0.1) is 0 Å². The molecule has 2 aromatic rings. The first-order valence-electron chi connectivity index (χ1n) is 7.52. The minimum absolute atomic E-state index is 0.577. The second-order valence-corrected chi connectivity index (χ2v) is 6.14. The number of aryl methyl sites for hydroxylation is 1. The van der Waals surface area contributed by atoms with Gasteiger partial charge in [-0.2, -0.15) is 0 Å². The van der Waals surface area contributed by atoms with Crippen molar-refractivity contribution in [3.8, 4) is 0 Å². The van der Waals surface area contributed by atoms with Gasteiger partial charge in [0.15, 0.2) is 0 Å². The van der Waals surface area contributed by atoms with Crippen LogP contribution in [-0.4, -0.2) is 0 Å². The summed E-state index contributed by atoms with van der Waals surface area (Å²) in [6, 6.07) is 8.90. The molecule has 2 aromatic carbocycles. The highest BCUT2D eigenvalue weighted by molar-refractivity contribution is 5.91. The first-order valence-corrected chi connectivity index (χ1v) is 7.52. The van der Waals surface area contributed by atoms with E-state index in [9.17, 15) is 0 Å². The molecule has 0 heterocycles. The van der Waals surface area contributed by atoms with Crippen LogP contribution in [0.4, 0.5) is 0 Å². The Morgan fingerprint density at radius 3 is 1.84 bits per heavy atom. The largest absolute Gasteiger partial charge is 0.0616 e. The van der Waals surface area contributed by atoms with Gasteiger partial charge in [0, 0.05) is 0 Å². The van der Waals surface area contributed by atoms with Crippen molar-refractivity contribution < 1.29 is 0 Å². The zero-order chi connectivity index (χ0) is 14.2. The second-order valence-electron chi connectivity index (χ2n) is 6.14. The monoisotopic (exact) mass is 254 g/mol. The first-order chi connectivity index (χ1) is 8.99. The quantitative estimate of drug-likeness (QED) is 0.634. The van der Waals surface area contributed by atoms with Crippen molar-refractivity contribution in [1.82, 2.24) is 0 Å². The van der Waals surface area contributed by atoms with Crippen LogP contribution in [0, 0.1) is 6.92 Å². The van der Waals surface area contributed by atoms with E-state index in [-0.39, 0.29) is 0 Å². The van der Waals surface area contributed by atoms with Gasteiger partial charge < -0.3 is 0 Å². The summed E-state index contributed by atoms with van der Waals surface area (Å²) < 4.78 is 0. The van der Waals surface area contributed by atoms with Crippen molar-refractivity contribution >= 4 is 10.8 Å². The Hall–Kier alpha value is -1.30. The molecule has 0 aromatic heterocycles. The third kappa shape index (κ3) is 2.29. The predicted molar refractivity (Wildman–Crippen MR) is 86.2 cm³/mol. The van der Waals surface area contributed by atoms with Crippen LogP contribution in [0.15, 0.2) is 24.3 Å². The Morgan fingerprint density at radius 1 is 0.842 bits per heavy atom. The zero-order valence-electron chi connectivity index (χ0n) is 13.2. The number of hydrogen-bond acceptors (Lipinski definition) is 0. The summed E-state index contributed by atoms with van der Waals surface area (Å²) in [4.78, 5) is 0. The Kier molecular flexibility index (Phi) is 3.99. The van der Waals surface area contributed by atoms with Crippen molar-refractivity contribution in [2.24, 2.45) is 0 Å². The molecule has 0 aliphatic rings. The molecule has 19 heavy (non-hydrogen) atoms. The number of benzene rings is 2. The zero-order valence-corrected chi connectivity index (χ0v) is 13.2. The van der Waals surface area contributed by atoms with Gasteiger partial charge in [-0.15, -0.1) is 0 Å². The molecular weight excluding hydrogens is 228 g/mol. The maximum atomic E-state index is 2.33. The minimum atomic E-state index is 0.577. The van der Waals surface area contributed by atoms with E-state index in [0.29, 0.717) is 11.8 Å². The van der Waals surface area contributed by atoms with Crippen LogP contribution in [0.1, 0.15) is 68.7 Å². The molecule has 0 amide bonds. The fourth-order valence-corrected chi connectivity index (χ4v) is 3.45. The molecule has 0 fully saturated rings. The molecule has 0 unspecified atom stereocenters. The third-order valence-corrected chi connectivity index (χ3v) is 4.20. The smallest absolute Gasteiger partial charge is 0.0144 e. The lowest BCUT2D eigenvalue weighted by Crippen LogP contribution is -2.07. The molecule has 0 spiro atoms. The molecule has 0 N–H and O–H groups in total. The normalized spacial score (nSPS) is 11.8. The van der Waals surface area contributed by atoms with Crippen LogP contribution in [0.3, 0.4) is 0 Å². The van der Waals surface area contributed by atoms with E-state index in [1.165, 1.54) is 16.3 Å². The van der Waals surface area contributed by atoms with Crippen molar-refractivity contribution in [3.05, 3.63) is 46.5 Å². The molecule has 0 radical (unpaired) electrons. The highest BCUT2D eigenvalue weighted by Gasteiger charge is 2.19. The van der Waals surface area contributed by atoms with Gasteiger partial charge in [0.2, 0.25) is 0 Å². The van der Waals surface area contributed by atoms with E-state index in [0.717, 1.165) is 6.42 Å². The molecule has 0 saturated heterocycles. The number of hydrogen-bond donors (Lipinski definition) is 0. The molecule has 0 aliphatic carbocycles. The average Bonchev–Trinajstić information content (AvgIpc) is 2.37. The van der Waals surface area contributed by atoms with Gasteiger partial charge in [-0.1, -0.05) is 58.9 Å². The van der Waals surface area contributed by atoms with Crippen LogP contribution in [0.25, 0.3) is 10.8 Å². The van der Waals surface area contributed by atoms with Crippen LogP contribution in [-0.2, 0) is 6.42 Å². The third-order valence-electron chi connectivity index (χ3n) is 4.20. The second kappa shape index (κ2) is 5.36. The molecule has 0 saturated carbocycles. The minimum Gasteiger partial charge on any atom is -0.0616 e. The van der Waals surface area contributed by atoms with Crippen LogP contribution in [0.5, 0.6) is 0 Å². The Labute approximate surface area is 117 Å². The SMILES string of the molecule is CCc1c(C(C)C)c(C(C)C)c2ccccc2c1C. The van der Waals surface area contributed by atoms with Gasteiger partial charge in [0.1, 0.15) is 0 Å². The average molecular weight is 254 g/mol. The highest BCUT2D eigenvalue weighted by atomic mass is 14.2. The van der Waals surface area contributed by atoms with Crippen LogP contribution in [0.2, 0.25) is 0 Å². The fraction of sp³-hybridized carbons (Fsp3) is 0.474. The maximum Gasteiger partial charge on any atom is -0.0144 e. The standard InChI is InChI=1S/C19H26/c1-7-15-14(6)16-10-8-9-11-17(16)19(13(4)5)18(15)12(2)3/h8-13H,7H2,1-6H3. The Bertz CT molecular complexity index is 589. The highest BCUT2D eigenvalue weighted by Crippen LogP contribution is 2.38. The summed E-state index contributed by atoms with van der Waals surface area (Å²) >= 11 is 0. The van der Waals surface area contributed by atoms with Crippen molar-refractivity contribution in [1.29, 1.82) is 0 Å². The van der Waals surface area contributed by atoms with Crippen LogP contribution < -0.4 is 0 Å². The van der Waals surface area contributed by atoms with E-state index in [1.807, 2.05) is 0 Å². The topological polar surface area (TPSA) is 0 Å². The molecule has 2 rings (SSSR count). The summed E-state index contributed by atoms with van der Waals surface area (Å²) in [6.07, 6.45) is 1.13. The summed E-state index contributed by atoms with van der Waals surface area (Å²) in [7, 11) is 0. The molecule has 0 heteroatoms. The van der Waals surface area contributed by atoms with E-state index < -0.39 is 0 Å². The van der Waals surface area contributed by atoms with E-state index >= 15 is 0 Å². The van der Waals surface area contributed by atoms with Crippen molar-refractivity contribution in [2.75, 3.05) is 0 Å². The van der Waals surface area contributed by atoms with E-state index in [4.69, 9.17) is 0 Å². The summed E-state index contributed by atoms with van der Waals surface area (Å²) in [5.74, 6) is 1.17. The number of rotatable bonds is 3. The lowest BCUT2D eigenvalue weighted by molar-refractivity contribution is 0.781. The Balaban J connectivity index is 2.99. The molecule has 0 nitrogen and oxygen atoms in total. The lowest BCUT2D eigenvalue weighted by atomic mass is 9.80. The molecule has 102 valence electrons. The summed E-state index contributed by atoms with van der Waals surface area (Å²) in [5.41, 5.74) is 6.20.